The molecule has 3 N–H and O–H groups in total. The van der Waals surface area contributed by atoms with Crippen molar-refractivity contribution in [2.75, 3.05) is 33.4 Å². The second kappa shape index (κ2) is 9.64. The molecular formula is C10H20N2O3. The summed E-state index contributed by atoms with van der Waals surface area (Å²) in [6.07, 6.45) is 2.03. The van der Waals surface area contributed by atoms with E-state index in [9.17, 15) is 4.79 Å². The van der Waals surface area contributed by atoms with E-state index in [4.69, 9.17) is 15.2 Å². The van der Waals surface area contributed by atoms with E-state index in [0.717, 1.165) is 6.42 Å². The first-order valence-electron chi connectivity index (χ1n) is 4.95. The second-order valence-electron chi connectivity index (χ2n) is 2.94. The van der Waals surface area contributed by atoms with E-state index in [-0.39, 0.29) is 12.5 Å². The Morgan fingerprint density at radius 1 is 1.60 bits per heavy atom. The molecule has 5 nitrogen and oxygen atoms in total. The first kappa shape index (κ1) is 14.1. The zero-order valence-corrected chi connectivity index (χ0v) is 9.20. The SMILES string of the molecule is C=CCCOCCNC(=O)C(CN)OC. The van der Waals surface area contributed by atoms with Crippen LogP contribution < -0.4 is 11.1 Å². The van der Waals surface area contributed by atoms with E-state index < -0.39 is 6.10 Å². The minimum Gasteiger partial charge on any atom is -0.379 e. The Bertz CT molecular complexity index is 182. The zero-order chi connectivity index (χ0) is 11.5. The van der Waals surface area contributed by atoms with Gasteiger partial charge in [-0.25, -0.2) is 0 Å². The number of hydrogen-bond acceptors (Lipinski definition) is 4. The molecule has 0 fully saturated rings. The van der Waals surface area contributed by atoms with Crippen LogP contribution in [-0.2, 0) is 14.3 Å². The Kier molecular flexibility index (Phi) is 9.05. The highest BCUT2D eigenvalue weighted by atomic mass is 16.5. The van der Waals surface area contributed by atoms with E-state index in [1.807, 2.05) is 0 Å². The monoisotopic (exact) mass is 216 g/mol. The standard InChI is InChI=1S/C10H20N2O3/c1-3-4-6-15-7-5-12-10(13)9(8-11)14-2/h3,9H,1,4-8,11H2,2H3,(H,12,13). The number of ether oxygens (including phenoxy) is 2. The smallest absolute Gasteiger partial charge is 0.250 e. The number of amides is 1. The van der Waals surface area contributed by atoms with Gasteiger partial charge in [0.05, 0.1) is 13.2 Å². The van der Waals surface area contributed by atoms with Gasteiger partial charge in [-0.15, -0.1) is 6.58 Å². The minimum absolute atomic E-state index is 0.180. The lowest BCUT2D eigenvalue weighted by Gasteiger charge is -2.12. The summed E-state index contributed by atoms with van der Waals surface area (Å²) in [6.45, 7) is 5.34. The third-order valence-electron chi connectivity index (χ3n) is 1.80. The zero-order valence-electron chi connectivity index (χ0n) is 9.20. The third kappa shape index (κ3) is 7.07. The largest absolute Gasteiger partial charge is 0.379 e. The fraction of sp³-hybridized carbons (Fsp3) is 0.700. The van der Waals surface area contributed by atoms with Crippen LogP contribution in [0.1, 0.15) is 6.42 Å². The lowest BCUT2D eigenvalue weighted by molar-refractivity contribution is -0.130. The van der Waals surface area contributed by atoms with Crippen LogP contribution in [0.3, 0.4) is 0 Å². The molecule has 5 heteroatoms. The van der Waals surface area contributed by atoms with Gasteiger partial charge in [0.15, 0.2) is 0 Å². The molecule has 1 atom stereocenters. The molecule has 0 radical (unpaired) electrons. The highest BCUT2D eigenvalue weighted by Crippen LogP contribution is 1.86. The molecule has 88 valence electrons. The molecule has 0 aliphatic rings. The number of carbonyl (C=O) groups is 1. The van der Waals surface area contributed by atoms with Crippen molar-refractivity contribution in [3.8, 4) is 0 Å². The Morgan fingerprint density at radius 2 is 2.33 bits per heavy atom. The number of carbonyl (C=O) groups excluding carboxylic acids is 1. The Labute approximate surface area is 90.6 Å². The molecule has 0 saturated carbocycles. The van der Waals surface area contributed by atoms with Gasteiger partial charge >= 0.3 is 0 Å². The molecule has 0 rings (SSSR count). The molecule has 0 spiro atoms. The van der Waals surface area contributed by atoms with Gasteiger partial charge in [-0.2, -0.15) is 0 Å². The van der Waals surface area contributed by atoms with E-state index in [1.54, 1.807) is 6.08 Å². The van der Waals surface area contributed by atoms with Crippen molar-refractivity contribution in [3.63, 3.8) is 0 Å². The maximum absolute atomic E-state index is 11.3. The quantitative estimate of drug-likeness (QED) is 0.409. The fourth-order valence-corrected chi connectivity index (χ4v) is 0.939. The van der Waals surface area contributed by atoms with Crippen molar-refractivity contribution < 1.29 is 14.3 Å². The van der Waals surface area contributed by atoms with Crippen molar-refractivity contribution >= 4 is 5.91 Å². The molecule has 1 unspecified atom stereocenters. The molecule has 1 amide bonds. The van der Waals surface area contributed by atoms with Crippen molar-refractivity contribution in [2.24, 2.45) is 5.73 Å². The third-order valence-corrected chi connectivity index (χ3v) is 1.80. The minimum atomic E-state index is -0.571. The van der Waals surface area contributed by atoms with Gasteiger partial charge in [-0.05, 0) is 6.42 Å². The summed E-state index contributed by atoms with van der Waals surface area (Å²) in [5, 5.41) is 2.67. The second-order valence-corrected chi connectivity index (χ2v) is 2.94. The molecule has 0 saturated heterocycles. The molecule has 15 heavy (non-hydrogen) atoms. The summed E-state index contributed by atoms with van der Waals surface area (Å²) in [7, 11) is 1.46. The molecule has 0 aliphatic carbocycles. The van der Waals surface area contributed by atoms with Crippen LogP contribution in [0, 0.1) is 0 Å². The van der Waals surface area contributed by atoms with Gasteiger partial charge < -0.3 is 20.5 Å². The molecule has 0 aromatic carbocycles. The maximum atomic E-state index is 11.3. The summed E-state index contributed by atoms with van der Waals surface area (Å²) in [6, 6.07) is 0. The average Bonchev–Trinajstić information content (AvgIpc) is 2.25. The van der Waals surface area contributed by atoms with Crippen LogP contribution in [0.25, 0.3) is 0 Å². The topological polar surface area (TPSA) is 73.6 Å². The highest BCUT2D eigenvalue weighted by Gasteiger charge is 2.14. The van der Waals surface area contributed by atoms with Crippen LogP contribution >= 0.6 is 0 Å². The molecule has 0 bridgehead atoms. The number of nitrogens with two attached hydrogens (primary N) is 1. The normalized spacial score (nSPS) is 12.1. The lowest BCUT2D eigenvalue weighted by atomic mass is 10.3. The summed E-state index contributed by atoms with van der Waals surface area (Å²) >= 11 is 0. The maximum Gasteiger partial charge on any atom is 0.250 e. The number of hydrogen-bond donors (Lipinski definition) is 2. The van der Waals surface area contributed by atoms with Gasteiger partial charge in [0, 0.05) is 20.2 Å². The lowest BCUT2D eigenvalue weighted by Crippen LogP contribution is -2.41. The van der Waals surface area contributed by atoms with Crippen LogP contribution in [0.5, 0.6) is 0 Å². The number of methoxy groups -OCH3 is 1. The summed E-state index contributed by atoms with van der Waals surface area (Å²) < 4.78 is 10.1. The number of rotatable bonds is 9. The average molecular weight is 216 g/mol. The molecular weight excluding hydrogens is 196 g/mol. The fourth-order valence-electron chi connectivity index (χ4n) is 0.939. The summed E-state index contributed by atoms with van der Waals surface area (Å²) in [5.74, 6) is -0.202. The summed E-state index contributed by atoms with van der Waals surface area (Å²) in [4.78, 5) is 11.3. The highest BCUT2D eigenvalue weighted by molar-refractivity contribution is 5.80. The molecule has 0 heterocycles. The Balaban J connectivity index is 3.41. The van der Waals surface area contributed by atoms with Crippen LogP contribution in [0.4, 0.5) is 0 Å². The predicted molar refractivity (Wildman–Crippen MR) is 58.5 cm³/mol. The Morgan fingerprint density at radius 3 is 2.87 bits per heavy atom. The van der Waals surface area contributed by atoms with E-state index >= 15 is 0 Å². The van der Waals surface area contributed by atoms with Gasteiger partial charge in [0.1, 0.15) is 6.10 Å². The van der Waals surface area contributed by atoms with Gasteiger partial charge in [0.2, 0.25) is 0 Å². The van der Waals surface area contributed by atoms with E-state index in [2.05, 4.69) is 11.9 Å². The van der Waals surface area contributed by atoms with Crippen LogP contribution in [-0.4, -0.2) is 45.4 Å². The van der Waals surface area contributed by atoms with E-state index in [1.165, 1.54) is 7.11 Å². The predicted octanol–water partition coefficient (Wildman–Crippen LogP) is -0.331. The van der Waals surface area contributed by atoms with Crippen molar-refractivity contribution in [3.05, 3.63) is 12.7 Å². The molecule has 0 aromatic rings. The van der Waals surface area contributed by atoms with Crippen molar-refractivity contribution in [1.82, 2.24) is 5.32 Å². The van der Waals surface area contributed by atoms with Gasteiger partial charge in [-0.3, -0.25) is 4.79 Å². The van der Waals surface area contributed by atoms with Crippen LogP contribution in [0.2, 0.25) is 0 Å². The Hall–Kier alpha value is -0.910. The first-order valence-corrected chi connectivity index (χ1v) is 4.95. The first-order chi connectivity index (χ1) is 7.26. The van der Waals surface area contributed by atoms with Gasteiger partial charge in [0.25, 0.3) is 5.91 Å². The number of nitrogens with one attached hydrogen (secondary N) is 1. The summed E-state index contributed by atoms with van der Waals surface area (Å²) in [5.41, 5.74) is 5.33. The van der Waals surface area contributed by atoms with Crippen molar-refractivity contribution in [2.45, 2.75) is 12.5 Å². The van der Waals surface area contributed by atoms with Crippen LogP contribution in [0.15, 0.2) is 12.7 Å². The van der Waals surface area contributed by atoms with Gasteiger partial charge in [-0.1, -0.05) is 6.08 Å². The molecule has 0 aromatic heterocycles. The molecule has 0 aliphatic heterocycles. The van der Waals surface area contributed by atoms with Crippen molar-refractivity contribution in [1.29, 1.82) is 0 Å². The van der Waals surface area contributed by atoms with E-state index in [0.29, 0.717) is 19.8 Å².